The summed E-state index contributed by atoms with van der Waals surface area (Å²) in [5, 5.41) is 0. The predicted octanol–water partition coefficient (Wildman–Crippen LogP) is 4.10. The fourth-order valence-corrected chi connectivity index (χ4v) is 5.18. The summed E-state index contributed by atoms with van der Waals surface area (Å²) in [5.74, 6) is 1.49. The number of nitrogens with zero attached hydrogens (tertiary/aromatic N) is 1. The zero-order valence-corrected chi connectivity index (χ0v) is 15.8. The second kappa shape index (κ2) is 6.38. The molecule has 3 saturated heterocycles. The molecule has 0 spiro atoms. The van der Waals surface area contributed by atoms with Gasteiger partial charge in [-0.3, -0.25) is 4.79 Å². The molecule has 0 amide bonds. The van der Waals surface area contributed by atoms with Gasteiger partial charge in [0, 0.05) is 29.9 Å². The fraction of sp³-hybridized carbons (Fsp3) is 0.435. The summed E-state index contributed by atoms with van der Waals surface area (Å²) < 4.78 is 13.3. The number of likely N-dealkylation sites (N-methyl/N-ethyl adjacent to an activating group) is 1. The van der Waals surface area contributed by atoms with Crippen LogP contribution in [0, 0.1) is 5.92 Å². The minimum absolute atomic E-state index is 0.0436. The van der Waals surface area contributed by atoms with Crippen LogP contribution in [0.25, 0.3) is 0 Å². The number of carbonyl (C=O) groups excluding carboxylic acids is 1. The zero-order chi connectivity index (χ0) is 18.4. The summed E-state index contributed by atoms with van der Waals surface area (Å²) in [6.07, 6.45) is 2.39. The fourth-order valence-electron chi connectivity index (χ4n) is 5.18. The summed E-state index contributed by atoms with van der Waals surface area (Å²) in [6.45, 7) is 6.83. The first-order valence-corrected chi connectivity index (χ1v) is 10.1. The van der Waals surface area contributed by atoms with Crippen LogP contribution < -0.4 is 4.74 Å². The highest BCUT2D eigenvalue weighted by molar-refractivity contribution is 5.85. The molecule has 0 unspecified atom stereocenters. The van der Waals surface area contributed by atoms with Crippen molar-refractivity contribution in [3.8, 4) is 11.5 Å². The molecule has 2 aromatic rings. The van der Waals surface area contributed by atoms with E-state index in [9.17, 15) is 4.79 Å². The zero-order valence-electron chi connectivity index (χ0n) is 15.8. The molecule has 4 heteroatoms. The Hall–Kier alpha value is -2.33. The van der Waals surface area contributed by atoms with Gasteiger partial charge in [0.15, 0.2) is 6.10 Å². The van der Waals surface area contributed by atoms with Crippen LogP contribution in [0.5, 0.6) is 11.5 Å². The number of piperidine rings is 3. The first kappa shape index (κ1) is 16.8. The molecular formula is C23H26NO3+. The molecule has 4 aliphatic rings. The molecular weight excluding hydrogens is 338 g/mol. The lowest BCUT2D eigenvalue weighted by Gasteiger charge is -2.51. The molecule has 0 saturated carbocycles. The van der Waals surface area contributed by atoms with E-state index in [1.807, 2.05) is 48.5 Å². The minimum Gasteiger partial charge on any atom is -0.457 e. The van der Waals surface area contributed by atoms with Crippen molar-refractivity contribution in [2.75, 3.05) is 26.2 Å². The molecule has 27 heavy (non-hydrogen) atoms. The van der Waals surface area contributed by atoms with Crippen LogP contribution in [-0.4, -0.2) is 42.7 Å². The third kappa shape index (κ3) is 2.74. The first-order chi connectivity index (χ1) is 13.2. The summed E-state index contributed by atoms with van der Waals surface area (Å²) >= 11 is 0. The van der Waals surface area contributed by atoms with Crippen LogP contribution in [0.2, 0.25) is 0 Å². The largest absolute Gasteiger partial charge is 0.457 e. The molecule has 4 nitrogen and oxygen atoms in total. The number of para-hydroxylation sites is 2. The van der Waals surface area contributed by atoms with Gasteiger partial charge in [-0.1, -0.05) is 36.4 Å². The molecule has 140 valence electrons. The van der Waals surface area contributed by atoms with Gasteiger partial charge in [-0.2, -0.15) is 0 Å². The standard InChI is InChI=1S/C23H26NO3/c1-2-24-13-11-16(12-14-24)21(15-24)27-23(25)22-17-7-3-5-9-19(17)26-20-10-6-4-8-18(20)22/h3-10,16,21-22H,2,11-15H2,1H3/q+1/t16?,21-,24?/m0/s1. The molecule has 0 N–H and O–H groups in total. The van der Waals surface area contributed by atoms with Gasteiger partial charge in [-0.15, -0.1) is 0 Å². The van der Waals surface area contributed by atoms with E-state index < -0.39 is 5.92 Å². The highest BCUT2D eigenvalue weighted by Gasteiger charge is 2.47. The van der Waals surface area contributed by atoms with Crippen molar-refractivity contribution in [2.24, 2.45) is 5.92 Å². The number of esters is 1. The van der Waals surface area contributed by atoms with Gasteiger partial charge in [0.1, 0.15) is 24.0 Å². The maximum absolute atomic E-state index is 13.4. The lowest BCUT2D eigenvalue weighted by atomic mass is 9.83. The summed E-state index contributed by atoms with van der Waals surface area (Å²) in [7, 11) is 0. The number of quaternary nitrogens is 1. The lowest BCUT2D eigenvalue weighted by molar-refractivity contribution is -0.944. The molecule has 4 heterocycles. The highest BCUT2D eigenvalue weighted by atomic mass is 16.5. The maximum Gasteiger partial charge on any atom is 0.318 e. The van der Waals surface area contributed by atoms with Crippen molar-refractivity contribution in [3.05, 3.63) is 59.7 Å². The molecule has 1 atom stereocenters. The molecule has 0 aromatic heterocycles. The quantitative estimate of drug-likeness (QED) is 0.608. The number of benzene rings is 2. The molecule has 3 fully saturated rings. The van der Waals surface area contributed by atoms with Crippen LogP contribution in [-0.2, 0) is 9.53 Å². The number of fused-ring (bicyclic) bond motifs is 5. The van der Waals surface area contributed by atoms with Gasteiger partial charge >= 0.3 is 5.97 Å². The predicted molar refractivity (Wildman–Crippen MR) is 103 cm³/mol. The van der Waals surface area contributed by atoms with E-state index in [4.69, 9.17) is 9.47 Å². The van der Waals surface area contributed by atoms with Gasteiger partial charge in [0.05, 0.1) is 19.6 Å². The second-order valence-electron chi connectivity index (χ2n) is 8.21. The Morgan fingerprint density at radius 2 is 1.63 bits per heavy atom. The van der Waals surface area contributed by atoms with Gasteiger partial charge in [0.25, 0.3) is 0 Å². The molecule has 0 aliphatic carbocycles. The number of carbonyl (C=O) groups is 1. The Morgan fingerprint density at radius 1 is 1.04 bits per heavy atom. The van der Waals surface area contributed by atoms with E-state index >= 15 is 0 Å². The molecule has 4 aliphatic heterocycles. The van der Waals surface area contributed by atoms with Crippen molar-refractivity contribution >= 4 is 5.97 Å². The van der Waals surface area contributed by atoms with E-state index in [1.165, 1.54) is 25.9 Å². The normalized spacial score (nSPS) is 28.8. The Labute approximate surface area is 160 Å². The lowest BCUT2D eigenvalue weighted by Crippen LogP contribution is -2.64. The van der Waals surface area contributed by atoms with Crippen molar-refractivity contribution in [2.45, 2.75) is 31.8 Å². The van der Waals surface area contributed by atoms with E-state index in [0.29, 0.717) is 5.92 Å². The average Bonchev–Trinajstić information content (AvgIpc) is 2.72. The van der Waals surface area contributed by atoms with E-state index in [0.717, 1.165) is 40.2 Å². The average molecular weight is 364 g/mol. The van der Waals surface area contributed by atoms with Crippen LogP contribution in [0.15, 0.2) is 48.5 Å². The molecule has 2 aromatic carbocycles. The Morgan fingerprint density at radius 3 is 2.22 bits per heavy atom. The van der Waals surface area contributed by atoms with Gasteiger partial charge in [-0.25, -0.2) is 0 Å². The number of rotatable bonds is 3. The summed E-state index contributed by atoms with van der Waals surface area (Å²) in [5.41, 5.74) is 1.81. The second-order valence-corrected chi connectivity index (χ2v) is 8.21. The van der Waals surface area contributed by atoms with Crippen molar-refractivity contribution in [3.63, 3.8) is 0 Å². The summed E-state index contributed by atoms with van der Waals surface area (Å²) in [4.78, 5) is 13.4. The van der Waals surface area contributed by atoms with Gasteiger partial charge < -0.3 is 14.0 Å². The van der Waals surface area contributed by atoms with Crippen molar-refractivity contribution in [1.82, 2.24) is 0 Å². The summed E-state index contributed by atoms with van der Waals surface area (Å²) in [6, 6.07) is 15.6. The Kier molecular flexibility index (Phi) is 3.97. The van der Waals surface area contributed by atoms with Crippen LogP contribution >= 0.6 is 0 Å². The molecule has 0 radical (unpaired) electrons. The number of hydrogen-bond donors (Lipinski definition) is 0. The first-order valence-electron chi connectivity index (χ1n) is 10.1. The van der Waals surface area contributed by atoms with Gasteiger partial charge in [-0.05, 0) is 19.1 Å². The van der Waals surface area contributed by atoms with Crippen molar-refractivity contribution in [1.29, 1.82) is 0 Å². The number of hydrogen-bond acceptors (Lipinski definition) is 3. The topological polar surface area (TPSA) is 35.5 Å². The SMILES string of the molecule is CC[N+]12CCC(CC1)[C@@H](OC(=O)C1c3ccccc3Oc3ccccc31)C2. The Balaban J connectivity index is 1.45. The Bertz CT molecular complexity index is 824. The van der Waals surface area contributed by atoms with Crippen LogP contribution in [0.1, 0.15) is 36.8 Å². The monoisotopic (exact) mass is 364 g/mol. The van der Waals surface area contributed by atoms with E-state index in [1.54, 1.807) is 0 Å². The van der Waals surface area contributed by atoms with E-state index in [2.05, 4.69) is 6.92 Å². The molecule has 2 bridgehead atoms. The van der Waals surface area contributed by atoms with Crippen LogP contribution in [0.3, 0.4) is 0 Å². The minimum atomic E-state index is -0.406. The third-order valence-electron chi connectivity index (χ3n) is 6.90. The van der Waals surface area contributed by atoms with Gasteiger partial charge in [0.2, 0.25) is 0 Å². The number of ether oxygens (including phenoxy) is 2. The smallest absolute Gasteiger partial charge is 0.318 e. The van der Waals surface area contributed by atoms with E-state index in [-0.39, 0.29) is 12.1 Å². The van der Waals surface area contributed by atoms with Crippen molar-refractivity contribution < 1.29 is 18.8 Å². The highest BCUT2D eigenvalue weighted by Crippen LogP contribution is 2.45. The van der Waals surface area contributed by atoms with Crippen LogP contribution in [0.4, 0.5) is 0 Å². The third-order valence-corrected chi connectivity index (χ3v) is 6.90. The molecule has 6 rings (SSSR count). The maximum atomic E-state index is 13.4.